The Morgan fingerprint density at radius 3 is 2.54 bits per heavy atom. The molecule has 24 heavy (non-hydrogen) atoms. The number of carbonyl (C=O) groups is 1. The van der Waals surface area contributed by atoms with Crippen molar-refractivity contribution >= 4 is 11.7 Å². The van der Waals surface area contributed by atoms with Gasteiger partial charge in [0.15, 0.2) is 11.5 Å². The standard InChI is InChI=1S/C14H15F3N4O3/c1-8-2-3-9(24-8)13(23,14(15,16)17)4-5-21-12(22)10-11(18)20-7-6-19-10/h2-3,6-7,23H,4-5H2,1H3,(H2,18,20)(H,21,22). The van der Waals surface area contributed by atoms with E-state index in [0.717, 1.165) is 6.07 Å². The molecular formula is C14H15F3N4O3. The van der Waals surface area contributed by atoms with Gasteiger partial charge in [-0.25, -0.2) is 9.97 Å². The van der Waals surface area contributed by atoms with Gasteiger partial charge in [0, 0.05) is 25.4 Å². The fourth-order valence-electron chi connectivity index (χ4n) is 2.03. The Bertz CT molecular complexity index is 732. The minimum Gasteiger partial charge on any atom is -0.463 e. The number of alkyl halides is 3. The Balaban J connectivity index is 2.10. The van der Waals surface area contributed by atoms with Crippen LogP contribution in [-0.4, -0.2) is 33.7 Å². The summed E-state index contributed by atoms with van der Waals surface area (Å²) in [4.78, 5) is 19.2. The van der Waals surface area contributed by atoms with Crippen molar-refractivity contribution < 1.29 is 27.5 Å². The van der Waals surface area contributed by atoms with Crippen LogP contribution in [0.25, 0.3) is 0 Å². The molecule has 2 heterocycles. The average molecular weight is 344 g/mol. The van der Waals surface area contributed by atoms with E-state index in [4.69, 9.17) is 10.2 Å². The number of aryl methyl sites for hydroxylation is 1. The maximum atomic E-state index is 13.2. The van der Waals surface area contributed by atoms with Gasteiger partial charge in [0.05, 0.1) is 0 Å². The maximum absolute atomic E-state index is 13.2. The summed E-state index contributed by atoms with van der Waals surface area (Å²) in [5, 5.41) is 12.3. The lowest BCUT2D eigenvalue weighted by Gasteiger charge is -2.28. The highest BCUT2D eigenvalue weighted by Gasteiger charge is 2.56. The molecule has 0 aromatic carbocycles. The van der Waals surface area contributed by atoms with Crippen LogP contribution >= 0.6 is 0 Å². The minimum absolute atomic E-state index is 0.150. The number of carbonyl (C=O) groups excluding carboxylic acids is 1. The molecule has 0 aliphatic carbocycles. The summed E-state index contributed by atoms with van der Waals surface area (Å²) in [5.41, 5.74) is 2.04. The third-order valence-electron chi connectivity index (χ3n) is 3.33. The van der Waals surface area contributed by atoms with E-state index in [0.29, 0.717) is 0 Å². The number of amides is 1. The van der Waals surface area contributed by atoms with Crippen LogP contribution in [0.15, 0.2) is 28.9 Å². The topological polar surface area (TPSA) is 114 Å². The lowest BCUT2D eigenvalue weighted by Crippen LogP contribution is -2.44. The molecule has 0 radical (unpaired) electrons. The number of furan rings is 1. The highest BCUT2D eigenvalue weighted by molar-refractivity contribution is 5.96. The molecular weight excluding hydrogens is 329 g/mol. The van der Waals surface area contributed by atoms with E-state index in [-0.39, 0.29) is 17.3 Å². The predicted molar refractivity (Wildman–Crippen MR) is 76.8 cm³/mol. The number of nitrogens with zero attached hydrogens (tertiary/aromatic N) is 2. The number of halogens is 3. The van der Waals surface area contributed by atoms with Crippen LogP contribution in [0.5, 0.6) is 0 Å². The van der Waals surface area contributed by atoms with Crippen molar-refractivity contribution in [2.24, 2.45) is 0 Å². The molecule has 2 aromatic rings. The van der Waals surface area contributed by atoms with E-state index < -0.39 is 36.4 Å². The van der Waals surface area contributed by atoms with Crippen LogP contribution in [0.3, 0.4) is 0 Å². The molecule has 7 nitrogen and oxygen atoms in total. The fourth-order valence-corrected chi connectivity index (χ4v) is 2.03. The summed E-state index contributed by atoms with van der Waals surface area (Å²) in [6.45, 7) is 0.976. The Kier molecular flexibility index (Phi) is 4.78. The zero-order valence-corrected chi connectivity index (χ0v) is 12.6. The highest BCUT2D eigenvalue weighted by atomic mass is 19.4. The van der Waals surface area contributed by atoms with E-state index in [9.17, 15) is 23.1 Å². The maximum Gasteiger partial charge on any atom is 0.424 e. The van der Waals surface area contributed by atoms with E-state index in [2.05, 4.69) is 15.3 Å². The third-order valence-corrected chi connectivity index (χ3v) is 3.33. The monoisotopic (exact) mass is 344 g/mol. The van der Waals surface area contributed by atoms with E-state index in [1.54, 1.807) is 0 Å². The number of hydrogen-bond donors (Lipinski definition) is 3. The van der Waals surface area contributed by atoms with Crippen molar-refractivity contribution in [1.29, 1.82) is 0 Å². The summed E-state index contributed by atoms with van der Waals surface area (Å²) in [6, 6.07) is 2.36. The van der Waals surface area contributed by atoms with E-state index >= 15 is 0 Å². The lowest BCUT2D eigenvalue weighted by molar-refractivity contribution is -0.274. The van der Waals surface area contributed by atoms with Gasteiger partial charge in [-0.15, -0.1) is 0 Å². The molecule has 4 N–H and O–H groups in total. The Labute approximate surface area is 134 Å². The van der Waals surface area contributed by atoms with Crippen molar-refractivity contribution in [1.82, 2.24) is 15.3 Å². The molecule has 10 heteroatoms. The average Bonchev–Trinajstić information content (AvgIpc) is 2.93. The van der Waals surface area contributed by atoms with Gasteiger partial charge in [0.1, 0.15) is 11.5 Å². The van der Waals surface area contributed by atoms with Gasteiger partial charge in [0.25, 0.3) is 5.91 Å². The van der Waals surface area contributed by atoms with E-state index in [1.807, 2.05) is 0 Å². The summed E-state index contributed by atoms with van der Waals surface area (Å²) in [6.07, 6.45) is -3.32. The Morgan fingerprint density at radius 1 is 1.33 bits per heavy atom. The van der Waals surface area contributed by atoms with Crippen LogP contribution in [0.2, 0.25) is 0 Å². The zero-order valence-electron chi connectivity index (χ0n) is 12.6. The van der Waals surface area contributed by atoms with Crippen molar-refractivity contribution in [3.05, 3.63) is 41.7 Å². The van der Waals surface area contributed by atoms with Gasteiger partial charge in [-0.1, -0.05) is 0 Å². The first kappa shape index (κ1) is 17.7. The Morgan fingerprint density at radius 2 is 2.00 bits per heavy atom. The number of aliphatic hydroxyl groups is 1. The molecule has 0 fully saturated rings. The second-order valence-electron chi connectivity index (χ2n) is 5.06. The number of hydrogen-bond acceptors (Lipinski definition) is 6. The number of aromatic nitrogens is 2. The third kappa shape index (κ3) is 3.48. The van der Waals surface area contributed by atoms with Gasteiger partial charge in [-0.3, -0.25) is 4.79 Å². The van der Waals surface area contributed by atoms with Crippen LogP contribution in [0.1, 0.15) is 28.4 Å². The van der Waals surface area contributed by atoms with E-state index in [1.165, 1.54) is 25.4 Å². The molecule has 0 spiro atoms. The first-order valence-corrected chi connectivity index (χ1v) is 6.86. The number of nitrogens with one attached hydrogen (secondary N) is 1. The fraction of sp³-hybridized carbons (Fsp3) is 0.357. The lowest BCUT2D eigenvalue weighted by atomic mass is 9.95. The first-order valence-electron chi connectivity index (χ1n) is 6.86. The predicted octanol–water partition coefficient (Wildman–Crippen LogP) is 1.53. The number of anilines is 1. The summed E-state index contributed by atoms with van der Waals surface area (Å²) in [7, 11) is 0. The molecule has 130 valence electrons. The van der Waals surface area contributed by atoms with Gasteiger partial charge < -0.3 is 20.6 Å². The molecule has 0 aliphatic rings. The second-order valence-corrected chi connectivity index (χ2v) is 5.06. The Hall–Kier alpha value is -2.62. The largest absolute Gasteiger partial charge is 0.463 e. The van der Waals surface area contributed by atoms with Gasteiger partial charge >= 0.3 is 6.18 Å². The minimum atomic E-state index is -4.98. The van der Waals surface area contributed by atoms with Crippen LogP contribution in [0.4, 0.5) is 19.0 Å². The number of nitrogens with two attached hydrogens (primary N) is 1. The smallest absolute Gasteiger partial charge is 0.424 e. The van der Waals surface area contributed by atoms with Gasteiger partial charge in [-0.2, -0.15) is 13.2 Å². The van der Waals surface area contributed by atoms with Gasteiger partial charge in [-0.05, 0) is 19.1 Å². The molecule has 0 saturated heterocycles. The van der Waals surface area contributed by atoms with Crippen molar-refractivity contribution in [3.63, 3.8) is 0 Å². The summed E-state index contributed by atoms with van der Waals surface area (Å²) >= 11 is 0. The van der Waals surface area contributed by atoms with Crippen molar-refractivity contribution in [3.8, 4) is 0 Å². The second kappa shape index (κ2) is 6.48. The zero-order chi connectivity index (χ0) is 18.0. The highest BCUT2D eigenvalue weighted by Crippen LogP contribution is 2.42. The molecule has 2 aromatic heterocycles. The van der Waals surface area contributed by atoms with Gasteiger partial charge in [0.2, 0.25) is 5.60 Å². The van der Waals surface area contributed by atoms with Crippen molar-refractivity contribution in [2.45, 2.75) is 25.1 Å². The van der Waals surface area contributed by atoms with Crippen LogP contribution in [0, 0.1) is 6.92 Å². The van der Waals surface area contributed by atoms with Crippen molar-refractivity contribution in [2.75, 3.05) is 12.3 Å². The molecule has 0 saturated carbocycles. The normalized spacial score (nSPS) is 14.2. The molecule has 1 unspecified atom stereocenters. The molecule has 0 bridgehead atoms. The molecule has 1 atom stereocenters. The molecule has 2 rings (SSSR count). The number of nitrogen functional groups attached to an aromatic ring is 1. The summed E-state index contributed by atoms with van der Waals surface area (Å²) in [5.74, 6) is -1.35. The SMILES string of the molecule is Cc1ccc(C(O)(CCNC(=O)c2nccnc2N)C(F)(F)F)o1. The molecule has 0 aliphatic heterocycles. The van der Waals surface area contributed by atoms with Crippen LogP contribution < -0.4 is 11.1 Å². The quantitative estimate of drug-likeness (QED) is 0.758. The van der Waals surface area contributed by atoms with Crippen LogP contribution in [-0.2, 0) is 5.60 Å². The molecule has 1 amide bonds. The summed E-state index contributed by atoms with van der Waals surface area (Å²) < 4.78 is 44.6. The first-order chi connectivity index (χ1) is 11.1. The number of rotatable bonds is 5.